The highest BCUT2D eigenvalue weighted by atomic mass is 32.2. The Morgan fingerprint density at radius 3 is 2.06 bits per heavy atom. The van der Waals surface area contributed by atoms with Crippen LogP contribution in [-0.2, 0) is 11.4 Å². The molecule has 17 heavy (non-hydrogen) atoms. The Hall–Kier alpha value is -1.45. The molecule has 0 aliphatic carbocycles. The molecule has 0 radical (unpaired) electrons. The smallest absolute Gasteiger partial charge is 0.179 e. The summed E-state index contributed by atoms with van der Waals surface area (Å²) in [6.07, 6.45) is 0. The summed E-state index contributed by atoms with van der Waals surface area (Å²) in [5.41, 5.74) is 3.17. The lowest BCUT2D eigenvalue weighted by Gasteiger charge is -2.14. The third-order valence-corrected chi connectivity index (χ3v) is 3.72. The van der Waals surface area contributed by atoms with Crippen molar-refractivity contribution in [3.05, 3.63) is 59.7 Å². The van der Waals surface area contributed by atoms with E-state index in [9.17, 15) is 4.55 Å². The van der Waals surface area contributed by atoms with Gasteiger partial charge in [-0.2, -0.15) is 0 Å². The molecule has 2 aromatic carbocycles. The maximum Gasteiger partial charge on any atom is 0.179 e. The van der Waals surface area contributed by atoms with E-state index in [4.69, 9.17) is 0 Å². The van der Waals surface area contributed by atoms with Gasteiger partial charge in [-0.25, -0.2) is 4.72 Å². The summed E-state index contributed by atoms with van der Waals surface area (Å²) in [4.78, 5) is 0.787. The number of hydrogen-bond acceptors (Lipinski definition) is 2. The fourth-order valence-electron chi connectivity index (χ4n) is 1.67. The summed E-state index contributed by atoms with van der Waals surface area (Å²) in [5.74, 6) is 0. The maximum atomic E-state index is 12.1. The summed E-state index contributed by atoms with van der Waals surface area (Å²) in [6, 6.07) is 15.4. The van der Waals surface area contributed by atoms with Crippen LogP contribution in [0.25, 0.3) is 0 Å². The van der Waals surface area contributed by atoms with Crippen molar-refractivity contribution in [2.75, 3.05) is 4.72 Å². The zero-order chi connectivity index (χ0) is 12.3. The summed E-state index contributed by atoms with van der Waals surface area (Å²) in [5, 5.41) is 0. The predicted molar refractivity (Wildman–Crippen MR) is 72.4 cm³/mol. The number of rotatable bonds is 3. The number of anilines is 1. The van der Waals surface area contributed by atoms with Gasteiger partial charge in [0.15, 0.2) is 4.90 Å². The summed E-state index contributed by atoms with van der Waals surface area (Å²) in [6.45, 7) is 4.02. The molecule has 3 heteroatoms. The van der Waals surface area contributed by atoms with Gasteiger partial charge in [0.05, 0.1) is 5.69 Å². The molecule has 0 aliphatic heterocycles. The lowest BCUT2D eigenvalue weighted by molar-refractivity contribution is 0.600. The first-order valence-electron chi connectivity index (χ1n) is 5.48. The largest absolute Gasteiger partial charge is 0.588 e. The van der Waals surface area contributed by atoms with Gasteiger partial charge in [-0.3, -0.25) is 0 Å². The number of benzene rings is 2. The first-order chi connectivity index (χ1) is 8.18. The minimum absolute atomic E-state index is 0.787. The molecule has 0 saturated carbocycles. The molecule has 2 rings (SSSR count). The van der Waals surface area contributed by atoms with Gasteiger partial charge in [-0.15, -0.1) is 0 Å². The lowest BCUT2D eigenvalue weighted by Crippen LogP contribution is -2.14. The fraction of sp³-hybridized carbons (Fsp3) is 0.143. The molecule has 0 bridgehead atoms. The van der Waals surface area contributed by atoms with Crippen molar-refractivity contribution in [2.45, 2.75) is 18.7 Å². The zero-order valence-corrected chi connectivity index (χ0v) is 10.8. The Kier molecular flexibility index (Phi) is 3.71. The minimum Gasteiger partial charge on any atom is -0.588 e. The van der Waals surface area contributed by atoms with Gasteiger partial charge in [-0.1, -0.05) is 36.4 Å². The molecule has 0 fully saturated rings. The van der Waals surface area contributed by atoms with E-state index in [2.05, 4.69) is 4.72 Å². The molecular formula is C14H15NOS. The van der Waals surface area contributed by atoms with Crippen LogP contribution in [0.15, 0.2) is 53.4 Å². The Labute approximate surface area is 105 Å². The van der Waals surface area contributed by atoms with Gasteiger partial charge in [0.2, 0.25) is 0 Å². The van der Waals surface area contributed by atoms with Gasteiger partial charge in [-0.05, 0) is 37.1 Å². The van der Waals surface area contributed by atoms with Gasteiger partial charge in [0.1, 0.15) is 11.4 Å². The number of hydrogen-bond donors (Lipinski definition) is 1. The van der Waals surface area contributed by atoms with E-state index in [1.54, 1.807) is 0 Å². The lowest BCUT2D eigenvalue weighted by atomic mass is 10.1. The molecule has 0 heterocycles. The van der Waals surface area contributed by atoms with Crippen molar-refractivity contribution in [1.29, 1.82) is 0 Å². The molecule has 2 aromatic rings. The summed E-state index contributed by atoms with van der Waals surface area (Å²) < 4.78 is 15.2. The highest BCUT2D eigenvalue weighted by molar-refractivity contribution is 7.92. The van der Waals surface area contributed by atoms with Crippen molar-refractivity contribution in [1.82, 2.24) is 0 Å². The number of nitrogens with one attached hydrogen (secondary N) is 1. The minimum atomic E-state index is -1.20. The Morgan fingerprint density at radius 1 is 0.882 bits per heavy atom. The van der Waals surface area contributed by atoms with Crippen LogP contribution in [-0.4, -0.2) is 4.55 Å². The standard InChI is InChI=1S/C14H15NOS/c1-11-7-6-8-12(2)14(11)15-17(16)13-9-4-3-5-10-13/h3-10,15H,1-2H3/t17-/m0/s1. The van der Waals surface area contributed by atoms with E-state index in [-0.39, 0.29) is 0 Å². The monoisotopic (exact) mass is 245 g/mol. The van der Waals surface area contributed by atoms with Crippen LogP contribution in [0.4, 0.5) is 5.69 Å². The molecule has 1 N–H and O–H groups in total. The van der Waals surface area contributed by atoms with E-state index in [0.29, 0.717) is 0 Å². The second kappa shape index (κ2) is 5.25. The van der Waals surface area contributed by atoms with Crippen molar-refractivity contribution < 1.29 is 4.55 Å². The van der Waals surface area contributed by atoms with E-state index in [0.717, 1.165) is 21.7 Å². The predicted octanol–water partition coefficient (Wildman–Crippen LogP) is 3.44. The molecule has 0 saturated heterocycles. The van der Waals surface area contributed by atoms with Gasteiger partial charge < -0.3 is 4.55 Å². The third-order valence-electron chi connectivity index (χ3n) is 2.63. The summed E-state index contributed by atoms with van der Waals surface area (Å²) >= 11 is -1.20. The molecule has 0 spiro atoms. The molecule has 0 aromatic heterocycles. The van der Waals surface area contributed by atoms with Gasteiger partial charge in [0.25, 0.3) is 0 Å². The maximum absolute atomic E-state index is 12.1. The number of aryl methyl sites for hydroxylation is 2. The van der Waals surface area contributed by atoms with Gasteiger partial charge in [0, 0.05) is 0 Å². The van der Waals surface area contributed by atoms with Gasteiger partial charge >= 0.3 is 0 Å². The van der Waals surface area contributed by atoms with E-state index in [1.807, 2.05) is 62.4 Å². The van der Waals surface area contributed by atoms with Crippen LogP contribution in [0.1, 0.15) is 11.1 Å². The van der Waals surface area contributed by atoms with Crippen LogP contribution >= 0.6 is 0 Å². The van der Waals surface area contributed by atoms with E-state index < -0.39 is 11.4 Å². The fourth-order valence-corrected chi connectivity index (χ4v) is 2.70. The van der Waals surface area contributed by atoms with Crippen LogP contribution in [0.3, 0.4) is 0 Å². The zero-order valence-electron chi connectivity index (χ0n) is 9.94. The Bertz CT molecular complexity index is 479. The van der Waals surface area contributed by atoms with Crippen LogP contribution < -0.4 is 4.72 Å². The Balaban J connectivity index is 2.22. The van der Waals surface area contributed by atoms with E-state index >= 15 is 0 Å². The highest BCUT2D eigenvalue weighted by Gasteiger charge is 2.13. The molecule has 0 aliphatic rings. The molecule has 0 unspecified atom stereocenters. The third kappa shape index (κ3) is 2.81. The average molecular weight is 245 g/mol. The highest BCUT2D eigenvalue weighted by Crippen LogP contribution is 2.23. The van der Waals surface area contributed by atoms with Crippen molar-refractivity contribution in [3.8, 4) is 0 Å². The molecular weight excluding hydrogens is 230 g/mol. The SMILES string of the molecule is Cc1cccc(C)c1N[S@@+]([O-])c1ccccc1. The molecule has 1 atom stereocenters. The second-order valence-corrected chi connectivity index (χ2v) is 5.16. The van der Waals surface area contributed by atoms with Crippen LogP contribution in [0, 0.1) is 13.8 Å². The molecule has 0 amide bonds. The van der Waals surface area contributed by atoms with Crippen LogP contribution in [0.5, 0.6) is 0 Å². The van der Waals surface area contributed by atoms with E-state index in [1.165, 1.54) is 0 Å². The normalized spacial score (nSPS) is 12.2. The quantitative estimate of drug-likeness (QED) is 0.841. The number of para-hydroxylation sites is 1. The molecule has 2 nitrogen and oxygen atoms in total. The topological polar surface area (TPSA) is 35.1 Å². The first kappa shape index (κ1) is 12.0. The first-order valence-corrected chi connectivity index (χ1v) is 6.63. The van der Waals surface area contributed by atoms with Crippen molar-refractivity contribution in [2.24, 2.45) is 0 Å². The summed E-state index contributed by atoms with van der Waals surface area (Å²) in [7, 11) is 0. The van der Waals surface area contributed by atoms with Crippen molar-refractivity contribution >= 4 is 17.0 Å². The molecule has 88 valence electrons. The Morgan fingerprint density at radius 2 is 1.47 bits per heavy atom. The second-order valence-electron chi connectivity index (χ2n) is 3.95. The average Bonchev–Trinajstić information content (AvgIpc) is 2.35. The van der Waals surface area contributed by atoms with Crippen LogP contribution in [0.2, 0.25) is 0 Å². The van der Waals surface area contributed by atoms with Crippen molar-refractivity contribution in [3.63, 3.8) is 0 Å².